The molecular formula is C29H44O4. The molecule has 0 aliphatic carbocycles. The topological polar surface area (TPSA) is 69.9 Å². The Morgan fingerprint density at radius 1 is 0.879 bits per heavy atom. The summed E-state index contributed by atoms with van der Waals surface area (Å²) in [6, 6.07) is 0. The van der Waals surface area contributed by atoms with Crippen LogP contribution in [-0.4, -0.2) is 34.1 Å². The van der Waals surface area contributed by atoms with Gasteiger partial charge in [0, 0.05) is 5.56 Å². The standard InChI is InChI=1S/C29H44O4/c1-20(12-8-14-25(18-30)19-31)10-7-11-21(2)13-9-16-29(6)17-15-26-24(5)27(32)22(3)23(4)28(26)33-29/h10,13-14,30-32H,7-9,11-12,15-19H2,1-6H3/b20-10+,21-13+/t29-/m1/s1. The number of phenolic OH excluding ortho intramolecular Hbond substituents is 1. The molecule has 2 rings (SSSR count). The highest BCUT2D eigenvalue weighted by molar-refractivity contribution is 5.58. The fraction of sp³-hybridized carbons (Fsp3) is 0.586. The predicted octanol–water partition coefficient (Wildman–Crippen LogP) is 6.55. The summed E-state index contributed by atoms with van der Waals surface area (Å²) in [5, 5.41) is 28.5. The van der Waals surface area contributed by atoms with Crippen molar-refractivity contribution in [3.8, 4) is 11.5 Å². The molecule has 0 bridgehead atoms. The van der Waals surface area contributed by atoms with Crippen LogP contribution in [-0.2, 0) is 6.42 Å². The Balaban J connectivity index is 1.84. The summed E-state index contributed by atoms with van der Waals surface area (Å²) in [7, 11) is 0. The molecule has 1 aliphatic heterocycles. The van der Waals surface area contributed by atoms with E-state index in [2.05, 4.69) is 32.9 Å². The van der Waals surface area contributed by atoms with Crippen molar-refractivity contribution < 1.29 is 20.1 Å². The van der Waals surface area contributed by atoms with E-state index in [0.29, 0.717) is 11.3 Å². The van der Waals surface area contributed by atoms with E-state index in [4.69, 9.17) is 14.9 Å². The van der Waals surface area contributed by atoms with Gasteiger partial charge in [0.2, 0.25) is 0 Å². The summed E-state index contributed by atoms with van der Waals surface area (Å²) in [4.78, 5) is 0. The first-order valence-corrected chi connectivity index (χ1v) is 12.3. The maximum Gasteiger partial charge on any atom is 0.127 e. The third kappa shape index (κ3) is 7.48. The monoisotopic (exact) mass is 456 g/mol. The summed E-state index contributed by atoms with van der Waals surface area (Å²) in [6.07, 6.45) is 14.4. The lowest BCUT2D eigenvalue weighted by molar-refractivity contribution is 0.0558. The minimum atomic E-state index is -0.170. The van der Waals surface area contributed by atoms with Crippen molar-refractivity contribution in [1.29, 1.82) is 0 Å². The van der Waals surface area contributed by atoms with Crippen molar-refractivity contribution >= 4 is 0 Å². The number of aliphatic hydroxyl groups is 2. The van der Waals surface area contributed by atoms with Crippen molar-refractivity contribution in [1.82, 2.24) is 0 Å². The normalized spacial score (nSPS) is 18.7. The van der Waals surface area contributed by atoms with Crippen LogP contribution in [0, 0.1) is 20.8 Å². The summed E-state index contributed by atoms with van der Waals surface area (Å²) < 4.78 is 6.55. The molecule has 184 valence electrons. The first-order chi connectivity index (χ1) is 15.6. The second-order valence-corrected chi connectivity index (χ2v) is 9.98. The molecule has 1 atom stereocenters. The first kappa shape index (κ1) is 27.2. The molecule has 0 spiro atoms. The van der Waals surface area contributed by atoms with E-state index in [1.807, 2.05) is 26.8 Å². The SMILES string of the molecule is C/C(=C\CC/C(C)=C/CC[C@]1(C)CCc2c(C)c(O)c(C)c(C)c2O1)CCC=C(CO)CO. The number of rotatable bonds is 11. The molecule has 4 nitrogen and oxygen atoms in total. The van der Waals surface area contributed by atoms with E-state index >= 15 is 0 Å². The number of phenols is 1. The van der Waals surface area contributed by atoms with Crippen molar-refractivity contribution in [2.75, 3.05) is 13.2 Å². The van der Waals surface area contributed by atoms with Crippen LogP contribution in [0.25, 0.3) is 0 Å². The quantitative estimate of drug-likeness (QED) is 0.330. The van der Waals surface area contributed by atoms with Crippen molar-refractivity contribution in [2.24, 2.45) is 0 Å². The molecule has 1 aromatic rings. The van der Waals surface area contributed by atoms with E-state index < -0.39 is 0 Å². The Labute approximate surface area is 200 Å². The summed E-state index contributed by atoms with van der Waals surface area (Å²) in [5.41, 5.74) is 7.40. The van der Waals surface area contributed by atoms with Crippen molar-refractivity contribution in [2.45, 2.75) is 98.5 Å². The molecule has 33 heavy (non-hydrogen) atoms. The molecule has 4 heteroatoms. The Hall–Kier alpha value is -2.04. The number of aromatic hydroxyl groups is 1. The number of hydrogen-bond donors (Lipinski definition) is 3. The van der Waals surface area contributed by atoms with Gasteiger partial charge in [0.1, 0.15) is 17.1 Å². The van der Waals surface area contributed by atoms with Crippen LogP contribution in [0.15, 0.2) is 34.9 Å². The lowest BCUT2D eigenvalue weighted by Gasteiger charge is -2.38. The molecule has 0 fully saturated rings. The Kier molecular flexibility index (Phi) is 10.2. The van der Waals surface area contributed by atoms with Crippen molar-refractivity contribution in [3.63, 3.8) is 0 Å². The number of allylic oxidation sites excluding steroid dienone is 5. The van der Waals surface area contributed by atoms with Gasteiger partial charge >= 0.3 is 0 Å². The van der Waals surface area contributed by atoms with E-state index in [1.165, 1.54) is 16.7 Å². The van der Waals surface area contributed by atoms with Gasteiger partial charge in [-0.3, -0.25) is 0 Å². The highest BCUT2D eigenvalue weighted by Crippen LogP contribution is 2.44. The summed E-state index contributed by atoms with van der Waals surface area (Å²) in [6.45, 7) is 12.4. The molecule has 0 amide bonds. The fourth-order valence-corrected chi connectivity index (χ4v) is 4.53. The van der Waals surface area contributed by atoms with E-state index in [-0.39, 0.29) is 18.8 Å². The minimum absolute atomic E-state index is 0.0671. The van der Waals surface area contributed by atoms with Gasteiger partial charge in [-0.1, -0.05) is 29.4 Å². The summed E-state index contributed by atoms with van der Waals surface area (Å²) >= 11 is 0. The zero-order chi connectivity index (χ0) is 24.6. The van der Waals surface area contributed by atoms with E-state index in [0.717, 1.165) is 73.8 Å². The molecule has 1 heterocycles. The Morgan fingerprint density at radius 3 is 2.06 bits per heavy atom. The molecule has 0 saturated carbocycles. The maximum absolute atomic E-state index is 10.4. The van der Waals surface area contributed by atoms with Crippen molar-refractivity contribution in [3.05, 3.63) is 57.2 Å². The highest BCUT2D eigenvalue weighted by atomic mass is 16.5. The lowest BCUT2D eigenvalue weighted by Crippen LogP contribution is -2.37. The van der Waals surface area contributed by atoms with Crippen LogP contribution in [0.2, 0.25) is 0 Å². The van der Waals surface area contributed by atoms with Gasteiger partial charge in [0.15, 0.2) is 0 Å². The lowest BCUT2D eigenvalue weighted by atomic mass is 9.85. The van der Waals surface area contributed by atoms with Crippen LogP contribution < -0.4 is 4.74 Å². The van der Waals surface area contributed by atoms with Gasteiger partial charge in [0.05, 0.1) is 13.2 Å². The number of ether oxygens (including phenoxy) is 1. The second kappa shape index (κ2) is 12.4. The van der Waals surface area contributed by atoms with Crippen LogP contribution in [0.1, 0.15) is 88.0 Å². The van der Waals surface area contributed by atoms with Gasteiger partial charge in [-0.2, -0.15) is 0 Å². The number of hydrogen-bond acceptors (Lipinski definition) is 4. The predicted molar refractivity (Wildman–Crippen MR) is 137 cm³/mol. The third-order valence-corrected chi connectivity index (χ3v) is 7.17. The average Bonchev–Trinajstić information content (AvgIpc) is 2.79. The fourth-order valence-electron chi connectivity index (χ4n) is 4.53. The average molecular weight is 457 g/mol. The van der Waals surface area contributed by atoms with Gasteiger partial charge in [-0.05, 0) is 115 Å². The molecule has 0 unspecified atom stereocenters. The van der Waals surface area contributed by atoms with Gasteiger partial charge in [-0.25, -0.2) is 0 Å². The van der Waals surface area contributed by atoms with Gasteiger partial charge in [-0.15, -0.1) is 0 Å². The Morgan fingerprint density at radius 2 is 1.45 bits per heavy atom. The molecule has 0 saturated heterocycles. The minimum Gasteiger partial charge on any atom is -0.507 e. The third-order valence-electron chi connectivity index (χ3n) is 7.17. The summed E-state index contributed by atoms with van der Waals surface area (Å²) in [5.74, 6) is 1.40. The number of aliphatic hydroxyl groups excluding tert-OH is 2. The highest BCUT2D eigenvalue weighted by Gasteiger charge is 2.33. The van der Waals surface area contributed by atoms with Crippen LogP contribution in [0.4, 0.5) is 0 Å². The zero-order valence-corrected chi connectivity index (χ0v) is 21.6. The molecule has 1 aromatic carbocycles. The maximum atomic E-state index is 10.4. The molecule has 3 N–H and O–H groups in total. The molecular weight excluding hydrogens is 412 g/mol. The number of fused-ring (bicyclic) bond motifs is 1. The zero-order valence-electron chi connectivity index (χ0n) is 21.6. The van der Waals surface area contributed by atoms with Crippen LogP contribution >= 0.6 is 0 Å². The largest absolute Gasteiger partial charge is 0.507 e. The molecule has 0 radical (unpaired) electrons. The smallest absolute Gasteiger partial charge is 0.127 e. The molecule has 0 aromatic heterocycles. The van der Waals surface area contributed by atoms with Gasteiger partial charge < -0.3 is 20.1 Å². The first-order valence-electron chi connectivity index (χ1n) is 12.3. The Bertz CT molecular complexity index is 901. The molecule has 1 aliphatic rings. The number of benzene rings is 1. The van der Waals surface area contributed by atoms with E-state index in [9.17, 15) is 5.11 Å². The second-order valence-electron chi connectivity index (χ2n) is 9.98. The van der Waals surface area contributed by atoms with Gasteiger partial charge in [0.25, 0.3) is 0 Å². The van der Waals surface area contributed by atoms with Crippen LogP contribution in [0.3, 0.4) is 0 Å². The van der Waals surface area contributed by atoms with Crippen LogP contribution in [0.5, 0.6) is 11.5 Å². The van der Waals surface area contributed by atoms with E-state index in [1.54, 1.807) is 0 Å².